The number of rotatable bonds is 5. The van der Waals surface area contributed by atoms with E-state index in [1.807, 2.05) is 44.2 Å². The van der Waals surface area contributed by atoms with Gasteiger partial charge in [0.15, 0.2) is 0 Å². The topological polar surface area (TPSA) is 74.2 Å². The third-order valence-corrected chi connectivity index (χ3v) is 3.11. The van der Waals surface area contributed by atoms with Crippen LogP contribution in [-0.2, 0) is 16.8 Å². The normalized spacial score (nSPS) is 13.5. The fraction of sp³-hybridized carbons (Fsp3) is 0.429. The Morgan fingerprint density at radius 2 is 2.00 bits per heavy atom. The molecule has 0 spiro atoms. The zero-order chi connectivity index (χ0) is 13.9. The van der Waals surface area contributed by atoms with Crippen LogP contribution in [0.15, 0.2) is 34.9 Å². The predicted octanol–water partition coefficient (Wildman–Crippen LogP) is 2.19. The number of nitrogens with zero attached hydrogens (tertiary/aromatic N) is 2. The smallest absolute Gasteiger partial charge is 0.244 e. The summed E-state index contributed by atoms with van der Waals surface area (Å²) in [5, 5.41) is 3.93. The van der Waals surface area contributed by atoms with Gasteiger partial charge in [0.05, 0.1) is 6.04 Å². The molecular weight excluding hydrogens is 242 g/mol. The molecule has 2 N–H and O–H groups in total. The molecule has 0 fully saturated rings. The van der Waals surface area contributed by atoms with Gasteiger partial charge in [0.25, 0.3) is 0 Å². The summed E-state index contributed by atoms with van der Waals surface area (Å²) in [6, 6.07) is 9.68. The molecule has 1 aromatic heterocycles. The van der Waals surface area contributed by atoms with Gasteiger partial charge in [-0.05, 0) is 25.8 Å². The molecule has 0 saturated carbocycles. The molecular formula is C14H19N3O2. The van der Waals surface area contributed by atoms with Crippen molar-refractivity contribution < 1.29 is 9.26 Å². The molecule has 5 heteroatoms. The van der Waals surface area contributed by atoms with Crippen LogP contribution < -0.4 is 5.73 Å². The second-order valence-electron chi connectivity index (χ2n) is 4.97. The van der Waals surface area contributed by atoms with Crippen molar-refractivity contribution in [3.8, 4) is 0 Å². The molecule has 0 unspecified atom stereocenters. The monoisotopic (exact) mass is 261 g/mol. The molecule has 0 radical (unpaired) electrons. The average Bonchev–Trinajstić information content (AvgIpc) is 2.90. The second kappa shape index (κ2) is 5.50. The average molecular weight is 261 g/mol. The molecule has 0 amide bonds. The van der Waals surface area contributed by atoms with Crippen LogP contribution in [0.5, 0.6) is 0 Å². The third kappa shape index (κ3) is 3.19. The molecule has 0 aliphatic rings. The van der Waals surface area contributed by atoms with Gasteiger partial charge < -0.3 is 15.0 Å². The highest BCUT2D eigenvalue weighted by atomic mass is 16.5. The van der Waals surface area contributed by atoms with Gasteiger partial charge in [0, 0.05) is 7.11 Å². The molecule has 0 aliphatic carbocycles. The van der Waals surface area contributed by atoms with E-state index in [2.05, 4.69) is 10.1 Å². The van der Waals surface area contributed by atoms with Crippen molar-refractivity contribution in [2.75, 3.05) is 7.11 Å². The number of methoxy groups -OCH3 is 1. The van der Waals surface area contributed by atoms with Crippen molar-refractivity contribution >= 4 is 0 Å². The van der Waals surface area contributed by atoms with E-state index in [9.17, 15) is 0 Å². The molecule has 1 atom stereocenters. The molecule has 2 aromatic rings. The van der Waals surface area contributed by atoms with E-state index in [4.69, 9.17) is 15.0 Å². The molecule has 5 nitrogen and oxygen atoms in total. The van der Waals surface area contributed by atoms with Crippen LogP contribution in [-0.4, -0.2) is 17.3 Å². The summed E-state index contributed by atoms with van der Waals surface area (Å²) in [6.07, 6.45) is 0.663. The van der Waals surface area contributed by atoms with Crippen LogP contribution in [0.3, 0.4) is 0 Å². The molecule has 1 aromatic carbocycles. The maximum absolute atomic E-state index is 6.09. The van der Waals surface area contributed by atoms with Gasteiger partial charge in [0.2, 0.25) is 11.7 Å². The predicted molar refractivity (Wildman–Crippen MR) is 71.4 cm³/mol. The Balaban J connectivity index is 2.10. The summed E-state index contributed by atoms with van der Waals surface area (Å²) in [5.74, 6) is 0.942. The van der Waals surface area contributed by atoms with Crippen molar-refractivity contribution in [2.24, 2.45) is 5.73 Å². The van der Waals surface area contributed by atoms with Crippen LogP contribution in [0.4, 0.5) is 0 Å². The maximum atomic E-state index is 6.09. The van der Waals surface area contributed by atoms with Gasteiger partial charge in [-0.25, -0.2) is 0 Å². The summed E-state index contributed by atoms with van der Waals surface area (Å²) in [7, 11) is 1.61. The minimum atomic E-state index is -0.575. The van der Waals surface area contributed by atoms with Gasteiger partial charge in [-0.15, -0.1) is 0 Å². The highest BCUT2D eigenvalue weighted by molar-refractivity contribution is 5.16. The summed E-state index contributed by atoms with van der Waals surface area (Å²) in [6.45, 7) is 3.76. The van der Waals surface area contributed by atoms with Crippen LogP contribution >= 0.6 is 0 Å². The second-order valence-corrected chi connectivity index (χ2v) is 4.97. The number of hydrogen-bond donors (Lipinski definition) is 1. The molecule has 102 valence electrons. The highest BCUT2D eigenvalue weighted by Crippen LogP contribution is 2.22. The lowest BCUT2D eigenvalue weighted by Gasteiger charge is -2.17. The summed E-state index contributed by atoms with van der Waals surface area (Å²) >= 11 is 0. The Hall–Kier alpha value is -1.72. The standard InChI is InChI=1S/C14H19N3O2/c1-14(2,18-3)13-16-12(19-17-13)11(15)9-10-7-5-4-6-8-10/h4-8,11H,9,15H2,1-3H3/t11-/m1/s1. The Morgan fingerprint density at radius 3 is 2.63 bits per heavy atom. The van der Waals surface area contributed by atoms with Crippen LogP contribution in [0.2, 0.25) is 0 Å². The first-order chi connectivity index (χ1) is 9.03. The first kappa shape index (κ1) is 13.7. The first-order valence-corrected chi connectivity index (χ1v) is 6.21. The molecule has 0 bridgehead atoms. The summed E-state index contributed by atoms with van der Waals surface area (Å²) in [5.41, 5.74) is 6.65. The van der Waals surface area contributed by atoms with Crippen molar-refractivity contribution in [2.45, 2.75) is 31.9 Å². The van der Waals surface area contributed by atoms with E-state index in [1.165, 1.54) is 0 Å². The van der Waals surface area contributed by atoms with Crippen molar-refractivity contribution in [1.82, 2.24) is 10.1 Å². The fourth-order valence-electron chi connectivity index (χ4n) is 1.68. The van der Waals surface area contributed by atoms with E-state index in [0.717, 1.165) is 5.56 Å². The molecule has 19 heavy (non-hydrogen) atoms. The SMILES string of the molecule is COC(C)(C)c1noc([C@H](N)Cc2ccccc2)n1. The minimum absolute atomic E-state index is 0.309. The lowest BCUT2D eigenvalue weighted by Crippen LogP contribution is -2.21. The Labute approximate surface area is 112 Å². The minimum Gasteiger partial charge on any atom is -0.371 e. The zero-order valence-corrected chi connectivity index (χ0v) is 11.5. The largest absolute Gasteiger partial charge is 0.371 e. The summed E-state index contributed by atoms with van der Waals surface area (Å²) in [4.78, 5) is 4.32. The van der Waals surface area contributed by atoms with E-state index in [0.29, 0.717) is 18.1 Å². The lowest BCUT2D eigenvalue weighted by atomic mass is 10.1. The van der Waals surface area contributed by atoms with Gasteiger partial charge in [-0.2, -0.15) is 4.98 Å². The van der Waals surface area contributed by atoms with E-state index < -0.39 is 5.60 Å². The van der Waals surface area contributed by atoms with Gasteiger partial charge >= 0.3 is 0 Å². The van der Waals surface area contributed by atoms with E-state index in [-0.39, 0.29) is 6.04 Å². The van der Waals surface area contributed by atoms with Crippen LogP contribution in [0.25, 0.3) is 0 Å². The number of ether oxygens (including phenoxy) is 1. The van der Waals surface area contributed by atoms with Gasteiger partial charge in [0.1, 0.15) is 5.60 Å². The van der Waals surface area contributed by atoms with Crippen molar-refractivity contribution in [1.29, 1.82) is 0 Å². The van der Waals surface area contributed by atoms with E-state index in [1.54, 1.807) is 7.11 Å². The van der Waals surface area contributed by atoms with Crippen LogP contribution in [0, 0.1) is 0 Å². The Kier molecular flexibility index (Phi) is 3.97. The Bertz CT molecular complexity index is 522. The molecule has 1 heterocycles. The molecule has 0 saturated heterocycles. The number of nitrogens with two attached hydrogens (primary N) is 1. The highest BCUT2D eigenvalue weighted by Gasteiger charge is 2.27. The molecule has 2 rings (SSSR count). The number of hydrogen-bond acceptors (Lipinski definition) is 5. The van der Waals surface area contributed by atoms with Crippen molar-refractivity contribution in [3.63, 3.8) is 0 Å². The lowest BCUT2D eigenvalue weighted by molar-refractivity contribution is 0.00973. The maximum Gasteiger partial charge on any atom is 0.244 e. The first-order valence-electron chi connectivity index (χ1n) is 6.21. The zero-order valence-electron chi connectivity index (χ0n) is 11.5. The number of aromatic nitrogens is 2. The van der Waals surface area contributed by atoms with Crippen LogP contribution in [0.1, 0.15) is 37.2 Å². The van der Waals surface area contributed by atoms with Crippen molar-refractivity contribution in [3.05, 3.63) is 47.6 Å². The molecule has 0 aliphatic heterocycles. The van der Waals surface area contributed by atoms with E-state index >= 15 is 0 Å². The quantitative estimate of drug-likeness (QED) is 0.893. The fourth-order valence-corrected chi connectivity index (χ4v) is 1.68. The van der Waals surface area contributed by atoms with Gasteiger partial charge in [-0.1, -0.05) is 35.5 Å². The Morgan fingerprint density at radius 1 is 1.32 bits per heavy atom. The van der Waals surface area contributed by atoms with Gasteiger partial charge in [-0.3, -0.25) is 0 Å². The third-order valence-electron chi connectivity index (χ3n) is 3.11. The summed E-state index contributed by atoms with van der Waals surface area (Å²) < 4.78 is 10.5. The number of benzene rings is 1.